The molecule has 1 unspecified atom stereocenters. The fourth-order valence-corrected chi connectivity index (χ4v) is 2.44. The van der Waals surface area contributed by atoms with Gasteiger partial charge in [0, 0.05) is 6.54 Å². The van der Waals surface area contributed by atoms with Crippen molar-refractivity contribution in [2.24, 2.45) is 0 Å². The zero-order valence-corrected chi connectivity index (χ0v) is 11.6. The van der Waals surface area contributed by atoms with Gasteiger partial charge in [-0.25, -0.2) is 0 Å². The summed E-state index contributed by atoms with van der Waals surface area (Å²) in [5.74, 6) is -0.395. The minimum absolute atomic E-state index is 0.154. The maximum atomic E-state index is 12.5. The van der Waals surface area contributed by atoms with Crippen LogP contribution in [0, 0.1) is 0 Å². The number of para-hydroxylation sites is 1. The van der Waals surface area contributed by atoms with Gasteiger partial charge in [-0.15, -0.1) is 0 Å². The van der Waals surface area contributed by atoms with Crippen molar-refractivity contribution in [3.8, 4) is 0 Å². The van der Waals surface area contributed by atoms with Gasteiger partial charge in [0.25, 0.3) is 5.91 Å². The van der Waals surface area contributed by atoms with Crippen molar-refractivity contribution >= 4 is 17.5 Å². The molecule has 0 saturated heterocycles. The third kappa shape index (κ3) is 2.81. The van der Waals surface area contributed by atoms with Gasteiger partial charge in [0.1, 0.15) is 6.04 Å². The number of amides is 2. The number of carbonyl (C=O) groups excluding carboxylic acids is 2. The lowest BCUT2D eigenvalue weighted by atomic mass is 10.1. The summed E-state index contributed by atoms with van der Waals surface area (Å²) >= 11 is 0. The van der Waals surface area contributed by atoms with E-state index in [1.807, 2.05) is 6.92 Å². The largest absolute Gasteiger partial charge is 0.340 e. The number of hydrogen-bond acceptors (Lipinski definition) is 2. The van der Waals surface area contributed by atoms with Gasteiger partial charge in [0.2, 0.25) is 5.91 Å². The van der Waals surface area contributed by atoms with Crippen LogP contribution in [0.15, 0.2) is 24.3 Å². The molecule has 1 N–H and O–H groups in total. The maximum Gasteiger partial charge on any atom is 0.254 e. The molecule has 0 spiro atoms. The first kappa shape index (κ1) is 14.5. The number of alkyl halides is 1. The van der Waals surface area contributed by atoms with Gasteiger partial charge in [-0.2, -0.15) is 0 Å². The average molecular weight is 278 g/mol. The molecule has 5 heteroatoms. The van der Waals surface area contributed by atoms with Crippen LogP contribution in [0.5, 0.6) is 0 Å². The van der Waals surface area contributed by atoms with Crippen molar-refractivity contribution in [3.05, 3.63) is 29.8 Å². The first-order valence-corrected chi connectivity index (χ1v) is 6.96. The number of nitrogens with one attached hydrogen (secondary N) is 1. The molecule has 0 fully saturated rings. The fourth-order valence-electron chi connectivity index (χ4n) is 2.44. The second-order valence-electron chi connectivity index (χ2n) is 4.86. The maximum absolute atomic E-state index is 12.5. The molecule has 2 rings (SSSR count). The highest BCUT2D eigenvalue weighted by Gasteiger charge is 2.32. The van der Waals surface area contributed by atoms with E-state index in [1.165, 1.54) is 4.90 Å². The van der Waals surface area contributed by atoms with Crippen molar-refractivity contribution in [2.45, 2.75) is 32.2 Å². The summed E-state index contributed by atoms with van der Waals surface area (Å²) in [6.45, 7) is 1.77. The van der Waals surface area contributed by atoms with E-state index in [4.69, 9.17) is 0 Å². The zero-order valence-electron chi connectivity index (χ0n) is 11.6. The first-order chi connectivity index (χ1) is 9.69. The summed E-state index contributed by atoms with van der Waals surface area (Å²) < 4.78 is 12.5. The average Bonchev–Trinajstić information content (AvgIpc) is 2.55. The summed E-state index contributed by atoms with van der Waals surface area (Å²) in [5.41, 5.74) is 1.04. The molecule has 20 heavy (non-hydrogen) atoms. The number of rotatable bonds is 5. The lowest BCUT2D eigenvalue weighted by Crippen LogP contribution is -2.46. The topological polar surface area (TPSA) is 49.4 Å². The van der Waals surface area contributed by atoms with Gasteiger partial charge in [-0.05, 0) is 25.0 Å². The van der Waals surface area contributed by atoms with Gasteiger partial charge in [-0.3, -0.25) is 14.0 Å². The number of halogens is 1. The molecule has 1 aromatic carbocycles. The first-order valence-electron chi connectivity index (χ1n) is 6.96. The van der Waals surface area contributed by atoms with E-state index in [0.29, 0.717) is 24.2 Å². The van der Waals surface area contributed by atoms with Crippen LogP contribution in [-0.4, -0.2) is 31.1 Å². The van der Waals surface area contributed by atoms with Crippen molar-refractivity contribution in [3.63, 3.8) is 0 Å². The molecule has 4 nitrogen and oxygen atoms in total. The van der Waals surface area contributed by atoms with Crippen molar-refractivity contribution in [2.75, 3.05) is 18.1 Å². The molecule has 0 bridgehead atoms. The number of benzene rings is 1. The highest BCUT2D eigenvalue weighted by atomic mass is 19.1. The molecule has 1 heterocycles. The Morgan fingerprint density at radius 1 is 1.30 bits per heavy atom. The van der Waals surface area contributed by atoms with Crippen LogP contribution in [0.25, 0.3) is 0 Å². The molecule has 1 aromatic rings. The lowest BCUT2D eigenvalue weighted by molar-refractivity contribution is -0.120. The molecular weight excluding hydrogens is 259 g/mol. The van der Waals surface area contributed by atoms with Gasteiger partial charge in [0.05, 0.1) is 17.9 Å². The third-order valence-corrected chi connectivity index (χ3v) is 3.40. The highest BCUT2D eigenvalue weighted by Crippen LogP contribution is 2.25. The third-order valence-electron chi connectivity index (χ3n) is 3.40. The fraction of sp³-hybridized carbons (Fsp3) is 0.467. The van der Waals surface area contributed by atoms with Crippen molar-refractivity contribution in [1.29, 1.82) is 0 Å². The zero-order chi connectivity index (χ0) is 14.5. The Kier molecular flexibility index (Phi) is 4.71. The predicted octanol–water partition coefficient (Wildman–Crippen LogP) is 2.29. The summed E-state index contributed by atoms with van der Waals surface area (Å²) in [7, 11) is 0. The second-order valence-corrected chi connectivity index (χ2v) is 4.86. The van der Waals surface area contributed by atoms with E-state index in [0.717, 1.165) is 6.42 Å². The quantitative estimate of drug-likeness (QED) is 0.898. The lowest BCUT2D eigenvalue weighted by Gasteiger charge is -2.24. The number of nitrogens with zero attached hydrogens (tertiary/aromatic N) is 1. The summed E-state index contributed by atoms with van der Waals surface area (Å²) in [6.07, 6.45) is 1.65. The molecule has 0 aromatic heterocycles. The van der Waals surface area contributed by atoms with Crippen LogP contribution in [-0.2, 0) is 4.79 Å². The molecule has 108 valence electrons. The van der Waals surface area contributed by atoms with Gasteiger partial charge in [-0.1, -0.05) is 25.5 Å². The van der Waals surface area contributed by atoms with E-state index >= 15 is 0 Å². The van der Waals surface area contributed by atoms with E-state index in [1.54, 1.807) is 24.3 Å². The van der Waals surface area contributed by atoms with Crippen LogP contribution >= 0.6 is 0 Å². The van der Waals surface area contributed by atoms with E-state index in [2.05, 4.69) is 5.32 Å². The number of fused-ring (bicyclic) bond motifs is 1. The molecule has 0 saturated carbocycles. The van der Waals surface area contributed by atoms with Gasteiger partial charge < -0.3 is 10.2 Å². The van der Waals surface area contributed by atoms with Crippen LogP contribution in [0.1, 0.15) is 36.5 Å². The number of anilines is 1. The molecule has 1 atom stereocenters. The van der Waals surface area contributed by atoms with Crippen LogP contribution in [0.3, 0.4) is 0 Å². The SMILES string of the molecule is CCCC1NC(=O)c2ccccc2N(CCCF)C1=O. The number of carbonyl (C=O) groups is 2. The van der Waals surface area contributed by atoms with Crippen molar-refractivity contribution < 1.29 is 14.0 Å². The Morgan fingerprint density at radius 3 is 2.75 bits per heavy atom. The standard InChI is InChI=1S/C15H19FN2O2/c1-2-6-12-15(20)18(10-5-9-16)13-8-4-3-7-11(13)14(19)17-12/h3-4,7-8,12H,2,5-6,9-10H2,1H3,(H,17,19). The number of hydrogen-bond donors (Lipinski definition) is 1. The van der Waals surface area contributed by atoms with E-state index < -0.39 is 12.7 Å². The van der Waals surface area contributed by atoms with Crippen LogP contribution < -0.4 is 10.2 Å². The normalized spacial score (nSPS) is 18.5. The van der Waals surface area contributed by atoms with Gasteiger partial charge in [0.15, 0.2) is 0 Å². The summed E-state index contributed by atoms with van der Waals surface area (Å²) in [6, 6.07) is 6.44. The molecule has 1 aliphatic heterocycles. The highest BCUT2D eigenvalue weighted by molar-refractivity contribution is 6.10. The summed E-state index contributed by atoms with van der Waals surface area (Å²) in [5, 5.41) is 2.77. The smallest absolute Gasteiger partial charge is 0.254 e. The van der Waals surface area contributed by atoms with Crippen LogP contribution in [0.4, 0.5) is 10.1 Å². The Morgan fingerprint density at radius 2 is 2.05 bits per heavy atom. The molecule has 2 amide bonds. The second kappa shape index (κ2) is 6.50. The Balaban J connectivity index is 2.39. The Hall–Kier alpha value is -1.91. The van der Waals surface area contributed by atoms with E-state index in [-0.39, 0.29) is 18.2 Å². The summed E-state index contributed by atoms with van der Waals surface area (Å²) in [4.78, 5) is 26.3. The Labute approximate surface area is 118 Å². The Bertz CT molecular complexity index is 504. The van der Waals surface area contributed by atoms with Crippen LogP contribution in [0.2, 0.25) is 0 Å². The minimum Gasteiger partial charge on any atom is -0.340 e. The molecule has 1 aliphatic rings. The van der Waals surface area contributed by atoms with E-state index in [9.17, 15) is 14.0 Å². The molecular formula is C15H19FN2O2. The monoisotopic (exact) mass is 278 g/mol. The van der Waals surface area contributed by atoms with Gasteiger partial charge >= 0.3 is 0 Å². The minimum atomic E-state index is -0.528. The predicted molar refractivity (Wildman–Crippen MR) is 75.5 cm³/mol. The molecule has 0 aliphatic carbocycles. The van der Waals surface area contributed by atoms with Crippen molar-refractivity contribution in [1.82, 2.24) is 5.32 Å². The molecule has 0 radical (unpaired) electrons.